The van der Waals surface area contributed by atoms with Crippen molar-refractivity contribution in [3.63, 3.8) is 0 Å². The van der Waals surface area contributed by atoms with Gasteiger partial charge >= 0.3 is 5.97 Å². The van der Waals surface area contributed by atoms with Gasteiger partial charge in [-0.2, -0.15) is 0 Å². The van der Waals surface area contributed by atoms with E-state index >= 15 is 0 Å². The predicted molar refractivity (Wildman–Crippen MR) is 99.8 cm³/mol. The molecule has 1 heterocycles. The van der Waals surface area contributed by atoms with Crippen LogP contribution in [0.5, 0.6) is 5.75 Å². The Kier molecular flexibility index (Phi) is 5.54. The molecule has 3 rings (SSSR count). The SMILES string of the molecule is COc1ccc(N2C[C@H](C(=O)O[C@@H](C)C(=O)c3ccccc3)CC2=O)cc1. The fourth-order valence-electron chi connectivity index (χ4n) is 3.04. The highest BCUT2D eigenvalue weighted by Gasteiger charge is 2.37. The lowest BCUT2D eigenvalue weighted by Crippen LogP contribution is -2.30. The third-order valence-electron chi connectivity index (χ3n) is 4.56. The van der Waals surface area contributed by atoms with Gasteiger partial charge in [0.15, 0.2) is 6.10 Å². The number of carbonyl (C=O) groups is 3. The van der Waals surface area contributed by atoms with Gasteiger partial charge in [0, 0.05) is 24.2 Å². The largest absolute Gasteiger partial charge is 0.497 e. The molecule has 0 radical (unpaired) electrons. The second-order valence-corrected chi connectivity index (χ2v) is 6.41. The van der Waals surface area contributed by atoms with Crippen LogP contribution in [-0.4, -0.2) is 37.4 Å². The van der Waals surface area contributed by atoms with Crippen LogP contribution in [0, 0.1) is 5.92 Å². The highest BCUT2D eigenvalue weighted by Crippen LogP contribution is 2.27. The summed E-state index contributed by atoms with van der Waals surface area (Å²) in [6.07, 6.45) is -0.832. The predicted octanol–water partition coefficient (Wildman–Crippen LogP) is 2.86. The molecule has 140 valence electrons. The molecule has 1 aliphatic rings. The number of benzene rings is 2. The Morgan fingerprint density at radius 3 is 2.37 bits per heavy atom. The van der Waals surface area contributed by atoms with Crippen molar-refractivity contribution < 1.29 is 23.9 Å². The van der Waals surface area contributed by atoms with E-state index in [4.69, 9.17) is 9.47 Å². The smallest absolute Gasteiger partial charge is 0.312 e. The van der Waals surface area contributed by atoms with Gasteiger partial charge in [-0.15, -0.1) is 0 Å². The Hall–Kier alpha value is -3.15. The molecule has 1 fully saturated rings. The maximum Gasteiger partial charge on any atom is 0.312 e. The van der Waals surface area contributed by atoms with Crippen molar-refractivity contribution in [1.82, 2.24) is 0 Å². The Morgan fingerprint density at radius 1 is 1.07 bits per heavy atom. The Labute approximate surface area is 157 Å². The van der Waals surface area contributed by atoms with Crippen molar-refractivity contribution in [3.05, 3.63) is 60.2 Å². The standard InChI is InChI=1S/C21H21NO5/c1-14(20(24)15-6-4-3-5-7-15)27-21(25)16-12-19(23)22(13-16)17-8-10-18(26-2)11-9-17/h3-11,14,16H,12-13H2,1-2H3/t14-,16+/m0/s1. The molecule has 0 unspecified atom stereocenters. The molecule has 2 aromatic carbocycles. The number of ether oxygens (including phenoxy) is 2. The monoisotopic (exact) mass is 367 g/mol. The normalized spacial score (nSPS) is 17.5. The van der Waals surface area contributed by atoms with E-state index in [2.05, 4.69) is 0 Å². The second-order valence-electron chi connectivity index (χ2n) is 6.41. The first-order chi connectivity index (χ1) is 13.0. The topological polar surface area (TPSA) is 72.9 Å². The minimum Gasteiger partial charge on any atom is -0.497 e. The van der Waals surface area contributed by atoms with E-state index in [9.17, 15) is 14.4 Å². The molecule has 1 amide bonds. The third kappa shape index (κ3) is 4.16. The van der Waals surface area contributed by atoms with Crippen LogP contribution in [0.4, 0.5) is 5.69 Å². The first kappa shape index (κ1) is 18.6. The van der Waals surface area contributed by atoms with Gasteiger partial charge in [-0.3, -0.25) is 14.4 Å². The number of nitrogens with zero attached hydrogens (tertiary/aromatic N) is 1. The summed E-state index contributed by atoms with van der Waals surface area (Å²) in [5, 5.41) is 0. The van der Waals surface area contributed by atoms with Crippen molar-refractivity contribution in [1.29, 1.82) is 0 Å². The average molecular weight is 367 g/mol. The molecule has 0 aliphatic carbocycles. The maximum absolute atomic E-state index is 12.4. The Morgan fingerprint density at radius 2 is 1.74 bits per heavy atom. The van der Waals surface area contributed by atoms with E-state index < -0.39 is 18.0 Å². The molecular weight excluding hydrogens is 346 g/mol. The molecular formula is C21H21NO5. The van der Waals surface area contributed by atoms with E-state index in [-0.39, 0.29) is 24.7 Å². The molecule has 6 nitrogen and oxygen atoms in total. The highest BCUT2D eigenvalue weighted by atomic mass is 16.5. The molecule has 1 saturated heterocycles. The van der Waals surface area contributed by atoms with Crippen LogP contribution >= 0.6 is 0 Å². The summed E-state index contributed by atoms with van der Waals surface area (Å²) in [6.45, 7) is 1.78. The van der Waals surface area contributed by atoms with Gasteiger partial charge in [-0.1, -0.05) is 30.3 Å². The van der Waals surface area contributed by atoms with Gasteiger partial charge in [0.25, 0.3) is 0 Å². The number of amides is 1. The third-order valence-corrected chi connectivity index (χ3v) is 4.56. The highest BCUT2D eigenvalue weighted by molar-refractivity contribution is 6.02. The van der Waals surface area contributed by atoms with Gasteiger partial charge in [-0.05, 0) is 31.2 Å². The number of anilines is 1. The van der Waals surface area contributed by atoms with E-state index in [1.54, 1.807) is 67.5 Å². The van der Waals surface area contributed by atoms with E-state index in [1.807, 2.05) is 6.07 Å². The van der Waals surface area contributed by atoms with Crippen molar-refractivity contribution in [2.75, 3.05) is 18.6 Å². The van der Waals surface area contributed by atoms with Crippen LogP contribution < -0.4 is 9.64 Å². The summed E-state index contributed by atoms with van der Waals surface area (Å²) < 4.78 is 10.4. The van der Waals surface area contributed by atoms with Gasteiger partial charge in [-0.25, -0.2) is 0 Å². The van der Waals surface area contributed by atoms with Crippen LogP contribution in [0.15, 0.2) is 54.6 Å². The molecule has 0 spiro atoms. The molecule has 0 saturated carbocycles. The number of hydrogen-bond acceptors (Lipinski definition) is 5. The molecule has 2 atom stereocenters. The quantitative estimate of drug-likeness (QED) is 0.580. The van der Waals surface area contributed by atoms with Gasteiger partial charge < -0.3 is 14.4 Å². The lowest BCUT2D eigenvalue weighted by Gasteiger charge is -2.18. The van der Waals surface area contributed by atoms with Gasteiger partial charge in [0.05, 0.1) is 13.0 Å². The van der Waals surface area contributed by atoms with E-state index in [0.717, 1.165) is 0 Å². The first-order valence-electron chi connectivity index (χ1n) is 8.73. The van der Waals surface area contributed by atoms with E-state index in [1.165, 1.54) is 0 Å². The van der Waals surface area contributed by atoms with Crippen molar-refractivity contribution >= 4 is 23.3 Å². The minimum absolute atomic E-state index is 0.0666. The van der Waals surface area contributed by atoms with Crippen molar-refractivity contribution in [3.8, 4) is 5.75 Å². The molecule has 2 aromatic rings. The van der Waals surface area contributed by atoms with Crippen LogP contribution in [-0.2, 0) is 14.3 Å². The fraction of sp³-hybridized carbons (Fsp3) is 0.286. The summed E-state index contributed by atoms with van der Waals surface area (Å²) in [5.74, 6) is -0.846. The zero-order chi connectivity index (χ0) is 19.4. The Balaban J connectivity index is 1.62. The summed E-state index contributed by atoms with van der Waals surface area (Å²) in [7, 11) is 1.57. The molecule has 1 aliphatic heterocycles. The lowest BCUT2D eigenvalue weighted by molar-refractivity contribution is -0.151. The summed E-state index contributed by atoms with van der Waals surface area (Å²) in [4.78, 5) is 38.6. The number of methoxy groups -OCH3 is 1. The van der Waals surface area contributed by atoms with Crippen molar-refractivity contribution in [2.24, 2.45) is 5.92 Å². The van der Waals surface area contributed by atoms with Crippen molar-refractivity contribution in [2.45, 2.75) is 19.4 Å². The molecule has 6 heteroatoms. The maximum atomic E-state index is 12.4. The zero-order valence-electron chi connectivity index (χ0n) is 15.3. The number of carbonyl (C=O) groups excluding carboxylic acids is 3. The van der Waals surface area contributed by atoms with Gasteiger partial charge in [0.1, 0.15) is 5.75 Å². The lowest BCUT2D eigenvalue weighted by atomic mass is 10.1. The molecule has 0 aromatic heterocycles. The fourth-order valence-corrected chi connectivity index (χ4v) is 3.04. The number of Topliss-reactive ketones (excluding diaryl/α,β-unsaturated/α-hetero) is 1. The minimum atomic E-state index is -0.898. The van der Waals surface area contributed by atoms with Crippen LogP contribution in [0.3, 0.4) is 0 Å². The molecule has 0 N–H and O–H groups in total. The number of esters is 1. The molecule has 0 bridgehead atoms. The average Bonchev–Trinajstić information content (AvgIpc) is 3.10. The van der Waals surface area contributed by atoms with Crippen LogP contribution in [0.2, 0.25) is 0 Å². The second kappa shape index (κ2) is 8.03. The van der Waals surface area contributed by atoms with Crippen LogP contribution in [0.1, 0.15) is 23.7 Å². The number of ketones is 1. The van der Waals surface area contributed by atoms with E-state index in [0.29, 0.717) is 17.0 Å². The summed E-state index contributed by atoms with van der Waals surface area (Å²) >= 11 is 0. The number of rotatable bonds is 6. The summed E-state index contributed by atoms with van der Waals surface area (Å²) in [6, 6.07) is 15.7. The summed E-state index contributed by atoms with van der Waals surface area (Å²) in [5.41, 5.74) is 1.18. The van der Waals surface area contributed by atoms with Gasteiger partial charge in [0.2, 0.25) is 11.7 Å². The number of hydrogen-bond donors (Lipinski definition) is 0. The Bertz CT molecular complexity index is 831. The first-order valence-corrected chi connectivity index (χ1v) is 8.73. The zero-order valence-corrected chi connectivity index (χ0v) is 15.3. The molecule has 27 heavy (non-hydrogen) atoms. The van der Waals surface area contributed by atoms with Crippen LogP contribution in [0.25, 0.3) is 0 Å².